The van der Waals surface area contributed by atoms with Crippen LogP contribution in [0.25, 0.3) is 0 Å². The summed E-state index contributed by atoms with van der Waals surface area (Å²) in [5, 5.41) is 4.26. The van der Waals surface area contributed by atoms with Crippen molar-refractivity contribution in [3.63, 3.8) is 0 Å². The average molecular weight is 332 g/mol. The number of nitrogens with zero attached hydrogens (tertiary/aromatic N) is 1. The van der Waals surface area contributed by atoms with E-state index in [-0.39, 0.29) is 5.91 Å². The van der Waals surface area contributed by atoms with Crippen molar-refractivity contribution in [2.24, 2.45) is 0 Å². The van der Waals surface area contributed by atoms with Crippen LogP contribution >= 0.6 is 38.9 Å². The highest BCUT2D eigenvalue weighted by Gasteiger charge is 2.09. The van der Waals surface area contributed by atoms with Crippen LogP contribution < -0.4 is 5.32 Å². The molecule has 0 aliphatic rings. The molecule has 0 unspecified atom stereocenters. The number of aryl methyl sites for hydroxylation is 1. The third-order valence-electron chi connectivity index (χ3n) is 2.02. The van der Waals surface area contributed by atoms with Gasteiger partial charge in [0.2, 0.25) is 0 Å². The Labute approximate surface area is 116 Å². The van der Waals surface area contributed by atoms with Crippen LogP contribution in [0.1, 0.15) is 14.7 Å². The first-order chi connectivity index (χ1) is 8.06. The van der Waals surface area contributed by atoms with Crippen LogP contribution in [0.5, 0.6) is 0 Å². The third-order valence-corrected chi connectivity index (χ3v) is 4.15. The minimum atomic E-state index is -0.162. The topological polar surface area (TPSA) is 42.0 Å². The van der Waals surface area contributed by atoms with E-state index >= 15 is 0 Å². The normalized spacial score (nSPS) is 10.3. The number of aromatic nitrogens is 1. The van der Waals surface area contributed by atoms with Crippen molar-refractivity contribution in [1.82, 2.24) is 4.98 Å². The highest BCUT2D eigenvalue weighted by Crippen LogP contribution is 2.26. The number of thiazole rings is 1. The molecule has 0 aliphatic carbocycles. The largest absolute Gasteiger partial charge is 0.321 e. The molecule has 0 radical (unpaired) electrons. The highest BCUT2D eigenvalue weighted by atomic mass is 79.9. The average Bonchev–Trinajstić information content (AvgIpc) is 2.70. The fourth-order valence-corrected chi connectivity index (χ4v) is 2.40. The van der Waals surface area contributed by atoms with E-state index in [2.05, 4.69) is 26.2 Å². The molecule has 0 fully saturated rings. The van der Waals surface area contributed by atoms with Crippen LogP contribution in [-0.2, 0) is 0 Å². The van der Waals surface area contributed by atoms with Gasteiger partial charge in [0.05, 0.1) is 16.2 Å². The van der Waals surface area contributed by atoms with E-state index in [1.165, 1.54) is 11.3 Å². The Hall–Kier alpha value is -0.910. The number of nitrogens with one attached hydrogen (secondary N) is 1. The monoisotopic (exact) mass is 330 g/mol. The van der Waals surface area contributed by atoms with Gasteiger partial charge in [0, 0.05) is 10.2 Å². The molecule has 0 spiro atoms. The quantitative estimate of drug-likeness (QED) is 0.899. The van der Waals surface area contributed by atoms with Crippen molar-refractivity contribution in [3.05, 3.63) is 43.8 Å². The number of benzene rings is 1. The number of carbonyl (C=O) groups is 1. The van der Waals surface area contributed by atoms with E-state index in [0.717, 1.165) is 9.48 Å². The molecule has 1 N–H and O–H groups in total. The summed E-state index contributed by atoms with van der Waals surface area (Å²) in [7, 11) is 0. The molecule has 1 heterocycles. The third kappa shape index (κ3) is 3.06. The van der Waals surface area contributed by atoms with Gasteiger partial charge >= 0.3 is 0 Å². The van der Waals surface area contributed by atoms with E-state index in [0.29, 0.717) is 15.6 Å². The molecule has 88 valence electrons. The lowest BCUT2D eigenvalue weighted by molar-refractivity contribution is 0.103. The lowest BCUT2D eigenvalue weighted by Gasteiger charge is -2.04. The second-order valence-corrected chi connectivity index (χ2v) is 5.82. The van der Waals surface area contributed by atoms with Gasteiger partial charge in [-0.15, -0.1) is 11.3 Å². The lowest BCUT2D eigenvalue weighted by atomic mass is 10.3. The van der Waals surface area contributed by atoms with Gasteiger partial charge in [-0.2, -0.15) is 0 Å². The number of hydrogen-bond donors (Lipinski definition) is 1. The predicted molar refractivity (Wildman–Crippen MR) is 74.0 cm³/mol. The Kier molecular flexibility index (Phi) is 3.81. The Bertz CT molecular complexity index is 570. The van der Waals surface area contributed by atoms with Crippen LogP contribution in [0.4, 0.5) is 5.69 Å². The van der Waals surface area contributed by atoms with Gasteiger partial charge in [0.15, 0.2) is 0 Å². The van der Waals surface area contributed by atoms with Crippen LogP contribution in [0.3, 0.4) is 0 Å². The first-order valence-corrected chi connectivity index (χ1v) is 6.74. The Morgan fingerprint density at radius 1 is 1.53 bits per heavy atom. The molecule has 1 aromatic heterocycles. The van der Waals surface area contributed by atoms with E-state index in [1.54, 1.807) is 24.4 Å². The lowest BCUT2D eigenvalue weighted by Crippen LogP contribution is -2.09. The second kappa shape index (κ2) is 5.16. The summed E-state index contributed by atoms with van der Waals surface area (Å²) in [6.07, 6.45) is 1.57. The van der Waals surface area contributed by atoms with Crippen molar-refractivity contribution in [2.75, 3.05) is 5.32 Å². The highest BCUT2D eigenvalue weighted by molar-refractivity contribution is 9.10. The molecule has 1 amide bonds. The number of anilines is 1. The summed E-state index contributed by atoms with van der Waals surface area (Å²) < 4.78 is 0.748. The van der Waals surface area contributed by atoms with E-state index in [4.69, 9.17) is 11.6 Å². The van der Waals surface area contributed by atoms with Crippen molar-refractivity contribution in [1.29, 1.82) is 0 Å². The second-order valence-electron chi connectivity index (χ2n) is 3.33. The molecule has 2 aromatic rings. The summed E-state index contributed by atoms with van der Waals surface area (Å²) in [5.74, 6) is -0.162. The SMILES string of the molecule is Cc1ncc(C(=O)Nc2ccc(Cl)c(Br)c2)s1. The maximum Gasteiger partial charge on any atom is 0.267 e. The zero-order valence-corrected chi connectivity index (χ0v) is 12.0. The summed E-state index contributed by atoms with van der Waals surface area (Å²) >= 11 is 10.5. The van der Waals surface area contributed by atoms with Crippen molar-refractivity contribution in [2.45, 2.75) is 6.92 Å². The molecular formula is C11H8BrClN2OS. The van der Waals surface area contributed by atoms with Crippen molar-refractivity contribution in [3.8, 4) is 0 Å². The molecule has 0 saturated heterocycles. The number of rotatable bonds is 2. The maximum atomic E-state index is 11.8. The van der Waals surface area contributed by atoms with Gasteiger partial charge in [0.25, 0.3) is 5.91 Å². The van der Waals surface area contributed by atoms with E-state index < -0.39 is 0 Å². The molecule has 3 nitrogen and oxygen atoms in total. The van der Waals surface area contributed by atoms with Gasteiger partial charge in [-0.1, -0.05) is 11.6 Å². The molecule has 0 aliphatic heterocycles. The Balaban J connectivity index is 2.15. The van der Waals surface area contributed by atoms with Gasteiger partial charge in [0.1, 0.15) is 4.88 Å². The molecule has 0 bridgehead atoms. The summed E-state index contributed by atoms with van der Waals surface area (Å²) in [4.78, 5) is 16.5. The van der Waals surface area contributed by atoms with Crippen LogP contribution in [0, 0.1) is 6.92 Å². The van der Waals surface area contributed by atoms with Crippen molar-refractivity contribution >= 4 is 50.5 Å². The van der Waals surface area contributed by atoms with Crippen LogP contribution in [0.2, 0.25) is 5.02 Å². The van der Waals surface area contributed by atoms with Crippen LogP contribution in [0.15, 0.2) is 28.9 Å². The van der Waals surface area contributed by atoms with E-state index in [1.807, 2.05) is 6.92 Å². The predicted octanol–water partition coefficient (Wildman–Crippen LogP) is 4.12. The zero-order chi connectivity index (χ0) is 12.4. The molecule has 1 aromatic carbocycles. The number of carbonyl (C=O) groups excluding carboxylic acids is 1. The summed E-state index contributed by atoms with van der Waals surface area (Å²) in [6.45, 7) is 1.86. The Morgan fingerprint density at radius 3 is 2.88 bits per heavy atom. The fourth-order valence-electron chi connectivity index (χ4n) is 1.23. The Morgan fingerprint density at radius 2 is 2.29 bits per heavy atom. The minimum absolute atomic E-state index is 0.162. The van der Waals surface area contributed by atoms with Crippen LogP contribution in [-0.4, -0.2) is 10.9 Å². The van der Waals surface area contributed by atoms with E-state index in [9.17, 15) is 4.79 Å². The van der Waals surface area contributed by atoms with Crippen molar-refractivity contribution < 1.29 is 4.79 Å². The minimum Gasteiger partial charge on any atom is -0.321 e. The maximum absolute atomic E-state index is 11.8. The molecule has 6 heteroatoms. The summed E-state index contributed by atoms with van der Waals surface area (Å²) in [5.41, 5.74) is 0.692. The standard InChI is InChI=1S/C11H8BrClN2OS/c1-6-14-5-10(17-6)11(16)15-7-2-3-9(13)8(12)4-7/h2-5H,1H3,(H,15,16). The molecule has 2 rings (SSSR count). The molecular weight excluding hydrogens is 324 g/mol. The molecule has 17 heavy (non-hydrogen) atoms. The van der Waals surface area contributed by atoms with Gasteiger partial charge in [-0.05, 0) is 41.1 Å². The number of halogens is 2. The molecule has 0 saturated carbocycles. The number of hydrogen-bond acceptors (Lipinski definition) is 3. The number of amides is 1. The summed E-state index contributed by atoms with van der Waals surface area (Å²) in [6, 6.07) is 5.23. The smallest absolute Gasteiger partial charge is 0.267 e. The van der Waals surface area contributed by atoms with Gasteiger partial charge in [-0.3, -0.25) is 4.79 Å². The first kappa shape index (κ1) is 12.5. The van der Waals surface area contributed by atoms with Gasteiger partial charge in [-0.25, -0.2) is 4.98 Å². The molecule has 0 atom stereocenters. The first-order valence-electron chi connectivity index (χ1n) is 4.75. The zero-order valence-electron chi connectivity index (χ0n) is 8.83. The van der Waals surface area contributed by atoms with Gasteiger partial charge < -0.3 is 5.32 Å². The fraction of sp³-hybridized carbons (Fsp3) is 0.0909.